The van der Waals surface area contributed by atoms with E-state index in [1.807, 2.05) is 29.7 Å². The number of hydrogen-bond donors (Lipinski definition) is 1. The zero-order valence-corrected chi connectivity index (χ0v) is 18.4. The van der Waals surface area contributed by atoms with Crippen molar-refractivity contribution in [3.8, 4) is 11.4 Å². The van der Waals surface area contributed by atoms with E-state index in [-0.39, 0.29) is 17.7 Å². The van der Waals surface area contributed by atoms with Crippen LogP contribution in [-0.4, -0.2) is 31.4 Å². The maximum atomic E-state index is 12.5. The fourth-order valence-corrected chi connectivity index (χ4v) is 4.23. The van der Waals surface area contributed by atoms with Crippen molar-refractivity contribution in [3.63, 3.8) is 0 Å². The third-order valence-corrected chi connectivity index (χ3v) is 5.77. The van der Waals surface area contributed by atoms with Crippen LogP contribution < -0.4 is 5.32 Å². The second-order valence-corrected chi connectivity index (χ2v) is 8.22. The lowest BCUT2D eigenvalue weighted by Gasteiger charge is -2.16. The van der Waals surface area contributed by atoms with Gasteiger partial charge in [0, 0.05) is 34.5 Å². The molecule has 0 spiro atoms. The molecule has 1 N–H and O–H groups in total. The van der Waals surface area contributed by atoms with Crippen LogP contribution in [-0.2, 0) is 11.3 Å². The number of benzene rings is 1. The molecule has 0 fully saturated rings. The average Bonchev–Trinajstić information content (AvgIpc) is 3.10. The zero-order chi connectivity index (χ0) is 20.8. The van der Waals surface area contributed by atoms with Crippen molar-refractivity contribution >= 4 is 40.9 Å². The number of nitrogens with zero attached hydrogens (tertiary/aromatic N) is 4. The van der Waals surface area contributed by atoms with E-state index in [1.54, 1.807) is 24.5 Å². The van der Waals surface area contributed by atoms with Gasteiger partial charge in [0.15, 0.2) is 11.0 Å². The van der Waals surface area contributed by atoms with Gasteiger partial charge in [-0.1, -0.05) is 48.0 Å². The van der Waals surface area contributed by atoms with Crippen molar-refractivity contribution in [1.82, 2.24) is 25.1 Å². The van der Waals surface area contributed by atoms with Gasteiger partial charge in [-0.2, -0.15) is 0 Å². The number of rotatable bonds is 8. The molecule has 3 rings (SSSR count). The highest BCUT2D eigenvalue weighted by atomic mass is 35.5. The van der Waals surface area contributed by atoms with Gasteiger partial charge < -0.3 is 9.88 Å². The SMILES string of the molecule is CCCn1c(SCC(=O)NC(C)c2ccc(Cl)cc2Cl)nnc1-c1ccncc1. The minimum Gasteiger partial charge on any atom is -0.349 e. The molecule has 1 aromatic carbocycles. The predicted molar refractivity (Wildman–Crippen MR) is 117 cm³/mol. The lowest BCUT2D eigenvalue weighted by Crippen LogP contribution is -2.28. The van der Waals surface area contributed by atoms with Gasteiger partial charge in [0.1, 0.15) is 0 Å². The quantitative estimate of drug-likeness (QED) is 0.488. The van der Waals surface area contributed by atoms with Crippen LogP contribution in [0.5, 0.6) is 0 Å². The van der Waals surface area contributed by atoms with Crippen molar-refractivity contribution < 1.29 is 4.79 Å². The van der Waals surface area contributed by atoms with Gasteiger partial charge in [-0.3, -0.25) is 9.78 Å². The molecule has 0 aliphatic heterocycles. The summed E-state index contributed by atoms with van der Waals surface area (Å²) < 4.78 is 2.03. The van der Waals surface area contributed by atoms with E-state index in [0.29, 0.717) is 15.2 Å². The van der Waals surface area contributed by atoms with Gasteiger partial charge in [0.2, 0.25) is 5.91 Å². The van der Waals surface area contributed by atoms with Gasteiger partial charge in [0.25, 0.3) is 0 Å². The first kappa shape index (κ1) is 21.6. The molecule has 6 nitrogen and oxygen atoms in total. The Morgan fingerprint density at radius 1 is 1.21 bits per heavy atom. The second kappa shape index (κ2) is 10.1. The van der Waals surface area contributed by atoms with Crippen LogP contribution in [0, 0.1) is 0 Å². The summed E-state index contributed by atoms with van der Waals surface area (Å²) in [6.07, 6.45) is 4.38. The maximum Gasteiger partial charge on any atom is 0.230 e. The maximum absolute atomic E-state index is 12.5. The fraction of sp³-hybridized carbons (Fsp3) is 0.300. The summed E-state index contributed by atoms with van der Waals surface area (Å²) in [5.41, 5.74) is 1.77. The number of pyridine rings is 1. The number of halogens is 2. The number of carbonyl (C=O) groups is 1. The van der Waals surface area contributed by atoms with Gasteiger partial charge in [-0.15, -0.1) is 10.2 Å². The topological polar surface area (TPSA) is 72.7 Å². The number of aromatic nitrogens is 4. The minimum atomic E-state index is -0.228. The number of thioether (sulfide) groups is 1. The van der Waals surface area contributed by atoms with Crippen molar-refractivity contribution in [1.29, 1.82) is 0 Å². The number of carbonyl (C=O) groups excluding carboxylic acids is 1. The van der Waals surface area contributed by atoms with Gasteiger partial charge in [-0.05, 0) is 43.2 Å². The average molecular weight is 450 g/mol. The van der Waals surface area contributed by atoms with Gasteiger partial charge in [0.05, 0.1) is 11.8 Å². The van der Waals surface area contributed by atoms with Crippen LogP contribution in [0.2, 0.25) is 10.0 Å². The first-order chi connectivity index (χ1) is 14.0. The van der Waals surface area contributed by atoms with Crippen LogP contribution in [0.4, 0.5) is 0 Å². The highest BCUT2D eigenvalue weighted by molar-refractivity contribution is 7.99. The molecule has 1 amide bonds. The summed E-state index contributed by atoms with van der Waals surface area (Å²) in [4.78, 5) is 16.5. The number of nitrogens with one attached hydrogen (secondary N) is 1. The Labute approximate surface area is 184 Å². The molecule has 2 heterocycles. The summed E-state index contributed by atoms with van der Waals surface area (Å²) >= 11 is 13.5. The van der Waals surface area contributed by atoms with E-state index in [9.17, 15) is 4.79 Å². The Morgan fingerprint density at radius 2 is 1.97 bits per heavy atom. The lowest BCUT2D eigenvalue weighted by molar-refractivity contribution is -0.119. The van der Waals surface area contributed by atoms with E-state index in [4.69, 9.17) is 23.2 Å². The standard InChI is InChI=1S/C20H21Cl2N5OS/c1-3-10-27-19(14-6-8-23-9-7-14)25-26-20(27)29-12-18(28)24-13(2)16-5-4-15(21)11-17(16)22/h4-9,11,13H,3,10,12H2,1-2H3,(H,24,28). The molecule has 2 aromatic heterocycles. The molecule has 0 aliphatic carbocycles. The molecular weight excluding hydrogens is 429 g/mol. The smallest absolute Gasteiger partial charge is 0.230 e. The second-order valence-electron chi connectivity index (χ2n) is 6.44. The molecule has 29 heavy (non-hydrogen) atoms. The third-order valence-electron chi connectivity index (χ3n) is 4.24. The van der Waals surface area contributed by atoms with Crippen LogP contribution >= 0.6 is 35.0 Å². The normalized spacial score (nSPS) is 12.0. The largest absolute Gasteiger partial charge is 0.349 e. The predicted octanol–water partition coefficient (Wildman–Crippen LogP) is 5.03. The summed E-state index contributed by atoms with van der Waals surface area (Å²) in [7, 11) is 0. The van der Waals surface area contributed by atoms with E-state index < -0.39 is 0 Å². The van der Waals surface area contributed by atoms with Gasteiger partial charge in [-0.25, -0.2) is 0 Å². The van der Waals surface area contributed by atoms with Crippen molar-refractivity contribution in [2.45, 2.75) is 38.0 Å². The minimum absolute atomic E-state index is 0.106. The Kier molecular flexibility index (Phi) is 7.52. The summed E-state index contributed by atoms with van der Waals surface area (Å²) in [6, 6.07) is 8.82. The molecule has 9 heteroatoms. The molecule has 0 aliphatic rings. The number of amides is 1. The first-order valence-corrected chi connectivity index (χ1v) is 10.9. The molecular formula is C20H21Cl2N5OS. The van der Waals surface area contributed by atoms with Crippen LogP contribution in [0.1, 0.15) is 31.9 Å². The Balaban J connectivity index is 1.66. The van der Waals surface area contributed by atoms with Crippen molar-refractivity contribution in [2.75, 3.05) is 5.75 Å². The van der Waals surface area contributed by atoms with Gasteiger partial charge >= 0.3 is 0 Å². The molecule has 0 saturated carbocycles. The summed E-state index contributed by atoms with van der Waals surface area (Å²) in [6.45, 7) is 4.75. The van der Waals surface area contributed by atoms with Crippen LogP contribution in [0.15, 0.2) is 47.9 Å². The Bertz CT molecular complexity index is 980. The summed E-state index contributed by atoms with van der Waals surface area (Å²) in [5.74, 6) is 0.900. The first-order valence-electron chi connectivity index (χ1n) is 9.20. The molecule has 152 valence electrons. The zero-order valence-electron chi connectivity index (χ0n) is 16.1. The molecule has 1 unspecified atom stereocenters. The number of hydrogen-bond acceptors (Lipinski definition) is 5. The van der Waals surface area contributed by atoms with Crippen LogP contribution in [0.3, 0.4) is 0 Å². The highest BCUT2D eigenvalue weighted by Crippen LogP contribution is 2.27. The fourth-order valence-electron chi connectivity index (χ4n) is 2.88. The third kappa shape index (κ3) is 5.50. The van der Waals surface area contributed by atoms with E-state index in [1.165, 1.54) is 11.8 Å². The van der Waals surface area contributed by atoms with E-state index in [0.717, 1.165) is 29.9 Å². The van der Waals surface area contributed by atoms with Crippen molar-refractivity contribution in [3.05, 3.63) is 58.3 Å². The molecule has 3 aromatic rings. The molecule has 1 atom stereocenters. The molecule has 0 bridgehead atoms. The lowest BCUT2D eigenvalue weighted by atomic mass is 10.1. The Morgan fingerprint density at radius 3 is 2.66 bits per heavy atom. The van der Waals surface area contributed by atoms with E-state index in [2.05, 4.69) is 27.4 Å². The molecule has 0 radical (unpaired) electrons. The molecule has 0 saturated heterocycles. The highest BCUT2D eigenvalue weighted by Gasteiger charge is 2.17. The monoisotopic (exact) mass is 449 g/mol. The van der Waals surface area contributed by atoms with E-state index >= 15 is 0 Å². The Hall–Kier alpha value is -2.09. The van der Waals surface area contributed by atoms with Crippen LogP contribution in [0.25, 0.3) is 11.4 Å². The summed E-state index contributed by atoms with van der Waals surface area (Å²) in [5, 5.41) is 13.4. The van der Waals surface area contributed by atoms with Crippen molar-refractivity contribution in [2.24, 2.45) is 0 Å².